The van der Waals surface area contributed by atoms with Crippen LogP contribution < -0.4 is 10.1 Å². The summed E-state index contributed by atoms with van der Waals surface area (Å²) < 4.78 is 5.57. The van der Waals surface area contributed by atoms with E-state index in [9.17, 15) is 9.90 Å². The Kier molecular flexibility index (Phi) is 6.61. The van der Waals surface area contributed by atoms with Crippen LogP contribution in [0.25, 0.3) is 0 Å². The molecule has 0 bridgehead atoms. The Balaban J connectivity index is 1.56. The van der Waals surface area contributed by atoms with Crippen LogP contribution in [0.5, 0.6) is 5.75 Å². The monoisotopic (exact) mass is 442 g/mol. The first-order valence-corrected chi connectivity index (χ1v) is 12.5. The average molecular weight is 443 g/mol. The van der Waals surface area contributed by atoms with Crippen LogP contribution in [-0.4, -0.2) is 47.8 Å². The fourth-order valence-electron chi connectivity index (χ4n) is 7.06. The molecule has 0 aromatic heterocycles. The Morgan fingerprint density at radius 2 is 1.88 bits per heavy atom. The van der Waals surface area contributed by atoms with Crippen molar-refractivity contribution in [1.82, 2.24) is 10.2 Å². The van der Waals surface area contributed by atoms with Crippen LogP contribution in [0.4, 0.5) is 0 Å². The Labute approximate surface area is 193 Å². The molecule has 3 aliphatic rings. The van der Waals surface area contributed by atoms with Crippen LogP contribution in [0, 0.1) is 16.7 Å². The smallest absolute Gasteiger partial charge is 0.222 e. The molecular weight excluding hydrogens is 400 g/mol. The number of aliphatic hydroxyl groups is 1. The number of methoxy groups -OCH3 is 1. The van der Waals surface area contributed by atoms with Gasteiger partial charge >= 0.3 is 0 Å². The number of carbonyl (C=O) groups is 1. The summed E-state index contributed by atoms with van der Waals surface area (Å²) >= 11 is 0. The molecule has 1 saturated heterocycles. The van der Waals surface area contributed by atoms with Crippen LogP contribution in [-0.2, 0) is 11.3 Å². The zero-order valence-electron chi connectivity index (χ0n) is 20.5. The standard InChI is InChI=1S/C27H42N2O3/c1-25(2)18-23(28-19-20-9-5-6-10-21(20)32-4)27(14-13-26(3,31)17-22(25)27)12-11-24(30)29-15-7-8-16-29/h5-6,9-10,22-23,28,31H,7-8,11-19H2,1-4H3. The van der Waals surface area contributed by atoms with Crippen molar-refractivity contribution >= 4 is 5.91 Å². The minimum Gasteiger partial charge on any atom is -0.496 e. The van der Waals surface area contributed by atoms with E-state index in [0.29, 0.717) is 24.3 Å². The SMILES string of the molecule is COc1ccccc1CNC1CC(C)(C)C2CC(C)(O)CCC12CCC(=O)N1CCCC1. The molecule has 1 aliphatic heterocycles. The molecule has 1 amide bonds. The van der Waals surface area contributed by atoms with Crippen molar-refractivity contribution in [3.05, 3.63) is 29.8 Å². The summed E-state index contributed by atoms with van der Waals surface area (Å²) in [6.07, 6.45) is 7.50. The van der Waals surface area contributed by atoms with E-state index in [2.05, 4.69) is 36.2 Å². The van der Waals surface area contributed by atoms with Gasteiger partial charge in [0.25, 0.3) is 0 Å². The van der Waals surface area contributed by atoms with Gasteiger partial charge in [0, 0.05) is 37.7 Å². The summed E-state index contributed by atoms with van der Waals surface area (Å²) in [6.45, 7) is 9.32. The number of rotatable bonds is 7. The molecule has 1 heterocycles. The van der Waals surface area contributed by atoms with Crippen LogP contribution >= 0.6 is 0 Å². The minimum atomic E-state index is -0.609. The van der Waals surface area contributed by atoms with Crippen LogP contribution in [0.15, 0.2) is 24.3 Å². The normalized spacial score (nSPS) is 33.8. The summed E-state index contributed by atoms with van der Waals surface area (Å²) in [5, 5.41) is 14.9. The van der Waals surface area contributed by atoms with E-state index in [-0.39, 0.29) is 10.8 Å². The lowest BCUT2D eigenvalue weighted by molar-refractivity contribution is -0.132. The van der Waals surface area contributed by atoms with E-state index < -0.39 is 5.60 Å². The van der Waals surface area contributed by atoms with Crippen molar-refractivity contribution in [2.75, 3.05) is 20.2 Å². The van der Waals surface area contributed by atoms with Gasteiger partial charge in [-0.15, -0.1) is 0 Å². The summed E-state index contributed by atoms with van der Waals surface area (Å²) in [4.78, 5) is 15.0. The molecule has 5 heteroatoms. The van der Waals surface area contributed by atoms with Gasteiger partial charge in [-0.25, -0.2) is 0 Å². The molecule has 1 aromatic carbocycles. The van der Waals surface area contributed by atoms with Gasteiger partial charge < -0.3 is 20.1 Å². The highest BCUT2D eigenvalue weighted by Gasteiger charge is 2.61. The number of amides is 1. The number of nitrogens with zero attached hydrogens (tertiary/aromatic N) is 1. The third-order valence-corrected chi connectivity index (χ3v) is 8.83. The number of para-hydroxylation sites is 1. The van der Waals surface area contributed by atoms with Gasteiger partial charge in [0.15, 0.2) is 0 Å². The first kappa shape index (κ1) is 23.6. The lowest BCUT2D eigenvalue weighted by atomic mass is 9.57. The predicted molar refractivity (Wildman–Crippen MR) is 127 cm³/mol. The van der Waals surface area contributed by atoms with E-state index in [0.717, 1.165) is 70.3 Å². The number of hydrogen-bond donors (Lipinski definition) is 2. The number of likely N-dealkylation sites (tertiary alicyclic amines) is 1. The number of carbonyl (C=O) groups excluding carboxylic acids is 1. The summed E-state index contributed by atoms with van der Waals surface area (Å²) in [5.74, 6) is 1.64. The molecule has 2 saturated carbocycles. The maximum Gasteiger partial charge on any atom is 0.222 e. The second kappa shape index (κ2) is 8.98. The van der Waals surface area contributed by atoms with Gasteiger partial charge in [-0.2, -0.15) is 0 Å². The lowest BCUT2D eigenvalue weighted by Crippen LogP contribution is -2.51. The first-order valence-electron chi connectivity index (χ1n) is 12.5. The third kappa shape index (κ3) is 4.56. The first-order chi connectivity index (χ1) is 15.2. The second-order valence-corrected chi connectivity index (χ2v) is 11.5. The van der Waals surface area contributed by atoms with E-state index in [4.69, 9.17) is 4.74 Å². The lowest BCUT2D eigenvalue weighted by Gasteiger charge is -2.51. The van der Waals surface area contributed by atoms with Gasteiger partial charge in [-0.3, -0.25) is 4.79 Å². The molecule has 2 aliphatic carbocycles. The van der Waals surface area contributed by atoms with E-state index in [1.54, 1.807) is 7.11 Å². The third-order valence-electron chi connectivity index (χ3n) is 8.83. The van der Waals surface area contributed by atoms with Crippen LogP contribution in [0.1, 0.15) is 77.7 Å². The molecular formula is C27H42N2O3. The molecule has 32 heavy (non-hydrogen) atoms. The summed E-state index contributed by atoms with van der Waals surface area (Å²) in [6, 6.07) is 8.53. The van der Waals surface area contributed by atoms with Crippen LogP contribution in [0.2, 0.25) is 0 Å². The fraction of sp³-hybridized carbons (Fsp3) is 0.741. The van der Waals surface area contributed by atoms with E-state index in [1.807, 2.05) is 19.1 Å². The van der Waals surface area contributed by atoms with Gasteiger partial charge in [-0.05, 0) is 74.7 Å². The summed E-state index contributed by atoms with van der Waals surface area (Å²) in [5.41, 5.74) is 0.729. The number of benzene rings is 1. The highest BCUT2D eigenvalue weighted by atomic mass is 16.5. The molecule has 0 spiro atoms. The van der Waals surface area contributed by atoms with Crippen molar-refractivity contribution in [1.29, 1.82) is 0 Å². The number of fused-ring (bicyclic) bond motifs is 1. The van der Waals surface area contributed by atoms with Crippen molar-refractivity contribution in [3.8, 4) is 5.75 Å². The predicted octanol–water partition coefficient (Wildman–Crippen LogP) is 4.52. The van der Waals surface area contributed by atoms with Gasteiger partial charge in [-0.1, -0.05) is 32.0 Å². The Morgan fingerprint density at radius 3 is 2.59 bits per heavy atom. The molecule has 4 rings (SSSR count). The highest BCUT2D eigenvalue weighted by molar-refractivity contribution is 5.76. The number of nitrogens with one attached hydrogen (secondary N) is 1. The molecule has 4 atom stereocenters. The van der Waals surface area contributed by atoms with Crippen molar-refractivity contribution in [2.24, 2.45) is 16.7 Å². The molecule has 3 fully saturated rings. The van der Waals surface area contributed by atoms with Gasteiger partial charge in [0.05, 0.1) is 12.7 Å². The van der Waals surface area contributed by atoms with E-state index in [1.165, 1.54) is 5.56 Å². The average Bonchev–Trinajstić information content (AvgIpc) is 3.37. The van der Waals surface area contributed by atoms with Gasteiger partial charge in [0.2, 0.25) is 5.91 Å². The second-order valence-electron chi connectivity index (χ2n) is 11.5. The maximum absolute atomic E-state index is 13.0. The number of hydrogen-bond acceptors (Lipinski definition) is 4. The Morgan fingerprint density at radius 1 is 1.16 bits per heavy atom. The molecule has 4 unspecified atom stereocenters. The Hall–Kier alpha value is -1.59. The number of ether oxygens (including phenoxy) is 1. The molecule has 2 N–H and O–H groups in total. The molecule has 0 radical (unpaired) electrons. The zero-order chi connectivity index (χ0) is 23.0. The molecule has 178 valence electrons. The minimum absolute atomic E-state index is 0.0448. The zero-order valence-corrected chi connectivity index (χ0v) is 20.5. The quantitative estimate of drug-likeness (QED) is 0.652. The topological polar surface area (TPSA) is 61.8 Å². The molecule has 1 aromatic rings. The fourth-order valence-corrected chi connectivity index (χ4v) is 7.06. The largest absolute Gasteiger partial charge is 0.496 e. The van der Waals surface area contributed by atoms with Crippen molar-refractivity contribution in [2.45, 2.75) is 90.3 Å². The Bertz CT molecular complexity index is 815. The van der Waals surface area contributed by atoms with Crippen molar-refractivity contribution < 1.29 is 14.6 Å². The highest BCUT2D eigenvalue weighted by Crippen LogP contribution is 2.64. The maximum atomic E-state index is 13.0. The van der Waals surface area contributed by atoms with E-state index >= 15 is 0 Å². The summed E-state index contributed by atoms with van der Waals surface area (Å²) in [7, 11) is 1.72. The van der Waals surface area contributed by atoms with Crippen LogP contribution in [0.3, 0.4) is 0 Å². The van der Waals surface area contributed by atoms with Gasteiger partial charge in [0.1, 0.15) is 5.75 Å². The van der Waals surface area contributed by atoms with Crippen molar-refractivity contribution in [3.63, 3.8) is 0 Å². The molecule has 5 nitrogen and oxygen atoms in total.